The van der Waals surface area contributed by atoms with Gasteiger partial charge in [0.1, 0.15) is 12.8 Å². The van der Waals surface area contributed by atoms with Crippen LogP contribution in [0, 0.1) is 18.4 Å². The molecule has 1 fully saturated rings. The average Bonchev–Trinajstić information content (AvgIpc) is 3.49. The zero-order valence-corrected chi connectivity index (χ0v) is 21.7. The van der Waals surface area contributed by atoms with Crippen LogP contribution < -0.4 is 5.73 Å². The SMILES string of the molecule is C#CC1(COC(=O)CCCC)CCC(n2cnc3c(N)nc(F)nc32)O1.CCCCCCCCC(=O)O. The summed E-state index contributed by atoms with van der Waals surface area (Å²) in [7, 11) is 0. The van der Waals surface area contributed by atoms with Crippen molar-refractivity contribution >= 4 is 28.9 Å². The summed E-state index contributed by atoms with van der Waals surface area (Å²) >= 11 is 0. The number of ether oxygens (including phenoxy) is 2. The highest BCUT2D eigenvalue weighted by Gasteiger charge is 2.41. The number of hydrogen-bond donors (Lipinski definition) is 2. The summed E-state index contributed by atoms with van der Waals surface area (Å²) in [6.07, 6.45) is 15.9. The number of rotatable bonds is 13. The van der Waals surface area contributed by atoms with Gasteiger partial charge in [0.2, 0.25) is 0 Å². The fourth-order valence-electron chi connectivity index (χ4n) is 3.95. The van der Waals surface area contributed by atoms with Crippen LogP contribution in [0.5, 0.6) is 0 Å². The average molecular weight is 520 g/mol. The van der Waals surface area contributed by atoms with Crippen LogP contribution in [0.3, 0.4) is 0 Å². The zero-order valence-electron chi connectivity index (χ0n) is 21.7. The monoisotopic (exact) mass is 519 g/mol. The van der Waals surface area contributed by atoms with Crippen molar-refractivity contribution < 1.29 is 28.6 Å². The second kappa shape index (κ2) is 15.1. The molecule has 2 unspecified atom stereocenters. The number of hydrogen-bond acceptors (Lipinski definition) is 8. The molecule has 3 rings (SSSR count). The lowest BCUT2D eigenvalue weighted by Gasteiger charge is -2.23. The summed E-state index contributed by atoms with van der Waals surface area (Å²) in [6, 6.07) is 0. The van der Waals surface area contributed by atoms with Crippen molar-refractivity contribution in [2.75, 3.05) is 12.3 Å². The number of aromatic nitrogens is 4. The number of nitrogens with zero attached hydrogens (tertiary/aromatic N) is 4. The van der Waals surface area contributed by atoms with Gasteiger partial charge in [-0.25, -0.2) is 4.98 Å². The second-order valence-corrected chi connectivity index (χ2v) is 9.13. The molecule has 0 radical (unpaired) electrons. The maximum absolute atomic E-state index is 13.5. The van der Waals surface area contributed by atoms with Crippen LogP contribution in [0.15, 0.2) is 6.33 Å². The van der Waals surface area contributed by atoms with Crippen LogP contribution in [0.25, 0.3) is 11.2 Å². The van der Waals surface area contributed by atoms with Gasteiger partial charge < -0.3 is 20.3 Å². The van der Waals surface area contributed by atoms with Crippen LogP contribution in [-0.2, 0) is 19.1 Å². The molecule has 1 saturated heterocycles. The number of halogens is 1. The Bertz CT molecular complexity index is 1070. The zero-order chi connectivity index (χ0) is 27.3. The van der Waals surface area contributed by atoms with E-state index < -0.39 is 23.9 Å². The van der Waals surface area contributed by atoms with E-state index in [0.717, 1.165) is 25.7 Å². The van der Waals surface area contributed by atoms with Gasteiger partial charge >= 0.3 is 18.0 Å². The Balaban J connectivity index is 0.000000371. The van der Waals surface area contributed by atoms with Gasteiger partial charge in [-0.2, -0.15) is 14.4 Å². The number of carboxylic acids is 1. The number of terminal acetylenes is 1. The number of carbonyl (C=O) groups excluding carboxylic acids is 1. The molecule has 3 heterocycles. The van der Waals surface area contributed by atoms with E-state index in [2.05, 4.69) is 27.8 Å². The first-order valence-electron chi connectivity index (χ1n) is 12.9. The van der Waals surface area contributed by atoms with Crippen molar-refractivity contribution in [3.05, 3.63) is 12.4 Å². The van der Waals surface area contributed by atoms with Crippen LogP contribution in [0.4, 0.5) is 10.2 Å². The lowest BCUT2D eigenvalue weighted by atomic mass is 10.0. The lowest BCUT2D eigenvalue weighted by molar-refractivity contribution is -0.152. The standard InChI is InChI=1S/C17H20FN5O3.C9H18O2/c1-3-5-6-12(24)25-9-17(4-2)8-7-11(26-17)23-10-20-13-14(19)21-16(18)22-15(13)23;1-2-3-4-5-6-7-8-9(10)11/h2,10-11H,3,5-9H2,1H3,(H2,19,21,22);2-8H2,1H3,(H,10,11). The van der Waals surface area contributed by atoms with Crippen molar-refractivity contribution in [2.24, 2.45) is 0 Å². The number of nitrogens with two attached hydrogens (primary N) is 1. The van der Waals surface area contributed by atoms with E-state index in [1.54, 1.807) is 4.57 Å². The van der Waals surface area contributed by atoms with Gasteiger partial charge in [0, 0.05) is 12.8 Å². The Morgan fingerprint density at radius 1 is 1.22 bits per heavy atom. The highest BCUT2D eigenvalue weighted by Crippen LogP contribution is 2.38. The number of imidazole rings is 1. The molecule has 0 amide bonds. The molecule has 0 bridgehead atoms. The van der Waals surface area contributed by atoms with Gasteiger partial charge in [-0.15, -0.1) is 6.42 Å². The van der Waals surface area contributed by atoms with E-state index in [-0.39, 0.29) is 24.0 Å². The van der Waals surface area contributed by atoms with E-state index in [1.807, 2.05) is 6.92 Å². The van der Waals surface area contributed by atoms with E-state index in [0.29, 0.717) is 31.2 Å². The van der Waals surface area contributed by atoms with E-state index in [9.17, 15) is 14.0 Å². The molecule has 3 N–H and O–H groups in total. The first-order chi connectivity index (χ1) is 17.7. The molecule has 37 heavy (non-hydrogen) atoms. The first kappa shape index (κ1) is 30.0. The first-order valence-corrected chi connectivity index (χ1v) is 12.9. The number of esters is 1. The molecular formula is C26H38FN5O5. The third-order valence-corrected chi connectivity index (χ3v) is 6.10. The molecular weight excluding hydrogens is 481 g/mol. The highest BCUT2D eigenvalue weighted by molar-refractivity contribution is 5.81. The third-order valence-electron chi connectivity index (χ3n) is 6.10. The van der Waals surface area contributed by atoms with E-state index in [4.69, 9.17) is 26.7 Å². The van der Waals surface area contributed by atoms with Crippen LogP contribution in [-0.4, -0.2) is 48.8 Å². The Morgan fingerprint density at radius 2 is 1.92 bits per heavy atom. The molecule has 204 valence electrons. The summed E-state index contributed by atoms with van der Waals surface area (Å²) in [4.78, 5) is 33.1. The number of carboxylic acid groups (broad SMARTS) is 1. The smallest absolute Gasteiger partial charge is 0.312 e. The summed E-state index contributed by atoms with van der Waals surface area (Å²) < 4.78 is 26.3. The van der Waals surface area contributed by atoms with Gasteiger partial charge in [-0.05, 0) is 25.7 Å². The van der Waals surface area contributed by atoms with Crippen molar-refractivity contribution in [2.45, 2.75) is 103 Å². The largest absolute Gasteiger partial charge is 0.481 e. The number of unbranched alkanes of at least 4 members (excludes halogenated alkanes) is 6. The van der Waals surface area contributed by atoms with Gasteiger partial charge in [0.25, 0.3) is 0 Å². The molecule has 11 heteroatoms. The van der Waals surface area contributed by atoms with Crippen LogP contribution in [0.1, 0.15) is 97.1 Å². The summed E-state index contributed by atoms with van der Waals surface area (Å²) in [5.74, 6) is 1.57. The minimum Gasteiger partial charge on any atom is -0.481 e. The molecule has 1 aliphatic rings. The molecule has 2 aromatic heterocycles. The van der Waals surface area contributed by atoms with Gasteiger partial charge in [-0.3, -0.25) is 14.2 Å². The molecule has 10 nitrogen and oxygen atoms in total. The highest BCUT2D eigenvalue weighted by atomic mass is 19.1. The Kier molecular flexibility index (Phi) is 12.2. The third kappa shape index (κ3) is 9.28. The summed E-state index contributed by atoms with van der Waals surface area (Å²) in [5, 5.41) is 8.32. The minimum absolute atomic E-state index is 0.0271. The van der Waals surface area contributed by atoms with Crippen molar-refractivity contribution in [3.8, 4) is 12.3 Å². The predicted octanol–water partition coefficient (Wildman–Crippen LogP) is 4.78. The number of fused-ring (bicyclic) bond motifs is 1. The van der Waals surface area contributed by atoms with Gasteiger partial charge in [0.15, 0.2) is 22.6 Å². The fraction of sp³-hybridized carbons (Fsp3) is 0.654. The van der Waals surface area contributed by atoms with Crippen LogP contribution in [0.2, 0.25) is 0 Å². The van der Waals surface area contributed by atoms with E-state index in [1.165, 1.54) is 32.0 Å². The normalized spacial score (nSPS) is 18.7. The molecule has 0 spiro atoms. The number of anilines is 1. The second-order valence-electron chi connectivity index (χ2n) is 9.13. The predicted molar refractivity (Wildman–Crippen MR) is 137 cm³/mol. The number of nitrogen functional groups attached to an aromatic ring is 1. The maximum Gasteiger partial charge on any atom is 0.312 e. The Hall–Kier alpha value is -3.26. The maximum atomic E-state index is 13.5. The van der Waals surface area contributed by atoms with Crippen molar-refractivity contribution in [1.82, 2.24) is 19.5 Å². The van der Waals surface area contributed by atoms with Gasteiger partial charge in [-0.1, -0.05) is 58.3 Å². The lowest BCUT2D eigenvalue weighted by Crippen LogP contribution is -2.34. The molecule has 0 aromatic carbocycles. The molecule has 0 saturated carbocycles. The topological polar surface area (TPSA) is 142 Å². The van der Waals surface area contributed by atoms with Crippen molar-refractivity contribution in [1.29, 1.82) is 0 Å². The van der Waals surface area contributed by atoms with Crippen molar-refractivity contribution in [3.63, 3.8) is 0 Å². The summed E-state index contributed by atoms with van der Waals surface area (Å²) in [6.45, 7) is 4.15. The fourth-order valence-corrected chi connectivity index (χ4v) is 3.95. The number of aliphatic carboxylic acids is 1. The quantitative estimate of drug-likeness (QED) is 0.165. The molecule has 2 atom stereocenters. The van der Waals surface area contributed by atoms with Crippen LogP contribution >= 0.6 is 0 Å². The van der Waals surface area contributed by atoms with Gasteiger partial charge in [0.05, 0.1) is 6.33 Å². The molecule has 1 aliphatic heterocycles. The number of carbonyl (C=O) groups is 2. The molecule has 0 aliphatic carbocycles. The molecule has 2 aromatic rings. The Labute approximate surface area is 217 Å². The Morgan fingerprint density at radius 3 is 2.59 bits per heavy atom. The summed E-state index contributed by atoms with van der Waals surface area (Å²) in [5.41, 5.74) is 5.16. The van der Waals surface area contributed by atoms with E-state index >= 15 is 0 Å². The minimum atomic E-state index is -1.03.